The first-order chi connectivity index (χ1) is 5.84. The average molecular weight is 197 g/mol. The Morgan fingerprint density at radius 2 is 1.85 bits per heavy atom. The van der Waals surface area contributed by atoms with Gasteiger partial charge in [0.05, 0.1) is 11.1 Å². The monoisotopic (exact) mass is 197 g/mol. The van der Waals surface area contributed by atoms with Crippen LogP contribution in [-0.2, 0) is 0 Å². The Morgan fingerprint density at radius 1 is 1.31 bits per heavy atom. The molecule has 1 aliphatic heterocycles. The van der Waals surface area contributed by atoms with Crippen molar-refractivity contribution >= 4 is 0 Å². The van der Waals surface area contributed by atoms with Gasteiger partial charge in [0.15, 0.2) is 0 Å². The summed E-state index contributed by atoms with van der Waals surface area (Å²) < 4.78 is 60.2. The van der Waals surface area contributed by atoms with Crippen molar-refractivity contribution in [2.24, 2.45) is 0 Å². The van der Waals surface area contributed by atoms with Gasteiger partial charge < -0.3 is 0 Å². The zero-order valence-corrected chi connectivity index (χ0v) is 6.41. The fourth-order valence-corrected chi connectivity index (χ4v) is 0.924. The summed E-state index contributed by atoms with van der Waals surface area (Å²) in [4.78, 5) is 0. The lowest BCUT2D eigenvalue weighted by molar-refractivity contribution is -0.0916. The molecule has 1 heterocycles. The Morgan fingerprint density at radius 3 is 2.15 bits per heavy atom. The van der Waals surface area contributed by atoms with Crippen LogP contribution in [0.15, 0.2) is 16.8 Å². The van der Waals surface area contributed by atoms with E-state index < -0.39 is 23.7 Å². The predicted molar refractivity (Wildman–Crippen MR) is 33.6 cm³/mol. The molecule has 2 radical (unpaired) electrons. The largest absolute Gasteiger partial charge is 0.419 e. The molecule has 72 valence electrons. The third-order valence-corrected chi connectivity index (χ3v) is 1.50. The second kappa shape index (κ2) is 3.01. The summed E-state index contributed by atoms with van der Waals surface area (Å²) in [5.41, 5.74) is -2.88. The normalized spacial score (nSPS) is 17.9. The van der Waals surface area contributed by atoms with Gasteiger partial charge in [-0.25, -0.2) is 8.78 Å². The van der Waals surface area contributed by atoms with Crippen LogP contribution in [0.2, 0.25) is 0 Å². The molecule has 0 spiro atoms. The number of allylic oxidation sites excluding steroid dienone is 3. The van der Waals surface area contributed by atoms with Crippen LogP contribution in [-0.4, -0.2) is 12.6 Å². The van der Waals surface area contributed by atoms with Crippen molar-refractivity contribution in [3.63, 3.8) is 0 Å². The van der Waals surface area contributed by atoms with Gasteiger partial charge in [0.25, 0.3) is 6.43 Å². The highest BCUT2D eigenvalue weighted by molar-refractivity contribution is 5.41. The quantitative estimate of drug-likeness (QED) is 0.573. The van der Waals surface area contributed by atoms with Crippen LogP contribution in [0.1, 0.15) is 6.92 Å². The third-order valence-electron chi connectivity index (χ3n) is 1.50. The maximum Gasteiger partial charge on any atom is 0.419 e. The smallest absolute Gasteiger partial charge is 0.250 e. The molecule has 0 saturated heterocycles. The van der Waals surface area contributed by atoms with E-state index in [-0.39, 0.29) is 5.70 Å². The van der Waals surface area contributed by atoms with Crippen molar-refractivity contribution in [3.8, 4) is 0 Å². The van der Waals surface area contributed by atoms with Crippen LogP contribution in [0.4, 0.5) is 22.0 Å². The van der Waals surface area contributed by atoms with Gasteiger partial charge in [0.1, 0.15) is 6.20 Å². The van der Waals surface area contributed by atoms with Crippen molar-refractivity contribution in [2.45, 2.75) is 19.5 Å². The van der Waals surface area contributed by atoms with E-state index in [1.807, 2.05) is 0 Å². The van der Waals surface area contributed by atoms with Crippen LogP contribution in [0.3, 0.4) is 0 Å². The van der Waals surface area contributed by atoms with Crippen molar-refractivity contribution in [2.75, 3.05) is 0 Å². The SMILES string of the molecule is CC1=C(C(F)F)C(C(F)(F)F)=[C][N]1. The molecule has 13 heavy (non-hydrogen) atoms. The van der Waals surface area contributed by atoms with E-state index in [0.29, 0.717) is 0 Å². The van der Waals surface area contributed by atoms with Gasteiger partial charge in [0.2, 0.25) is 0 Å². The average Bonchev–Trinajstić information content (AvgIpc) is 2.28. The molecule has 0 aliphatic carbocycles. The van der Waals surface area contributed by atoms with Crippen molar-refractivity contribution in [3.05, 3.63) is 23.0 Å². The summed E-state index contributed by atoms with van der Waals surface area (Å²) in [5.74, 6) is 0. The van der Waals surface area contributed by atoms with Gasteiger partial charge in [-0.15, -0.1) is 0 Å². The zero-order valence-electron chi connectivity index (χ0n) is 6.41. The lowest BCUT2D eigenvalue weighted by atomic mass is 10.1. The molecule has 0 saturated carbocycles. The van der Waals surface area contributed by atoms with Crippen LogP contribution >= 0.6 is 0 Å². The highest BCUT2D eigenvalue weighted by Crippen LogP contribution is 2.37. The molecule has 0 aromatic carbocycles. The second-order valence-corrected chi connectivity index (χ2v) is 2.40. The Kier molecular flexibility index (Phi) is 2.32. The minimum atomic E-state index is -4.81. The molecule has 1 aliphatic rings. The second-order valence-electron chi connectivity index (χ2n) is 2.40. The lowest BCUT2D eigenvalue weighted by Gasteiger charge is -2.10. The summed E-state index contributed by atoms with van der Waals surface area (Å²) in [7, 11) is 0. The van der Waals surface area contributed by atoms with E-state index >= 15 is 0 Å². The minimum Gasteiger partial charge on any atom is -0.250 e. The molecule has 1 nitrogen and oxygen atoms in total. The van der Waals surface area contributed by atoms with Crippen LogP contribution in [0.5, 0.6) is 0 Å². The maximum absolute atomic E-state index is 12.1. The Balaban J connectivity index is 3.04. The first kappa shape index (κ1) is 10.0. The van der Waals surface area contributed by atoms with Gasteiger partial charge in [-0.3, -0.25) is 5.32 Å². The summed E-state index contributed by atoms with van der Waals surface area (Å²) >= 11 is 0. The topological polar surface area (TPSA) is 14.1 Å². The molecule has 0 N–H and O–H groups in total. The number of hydrogen-bond donors (Lipinski definition) is 0. The van der Waals surface area contributed by atoms with Gasteiger partial charge >= 0.3 is 6.18 Å². The first-order valence-electron chi connectivity index (χ1n) is 3.24. The number of alkyl halides is 5. The molecular weight excluding hydrogens is 193 g/mol. The number of hydrogen-bond acceptors (Lipinski definition) is 0. The lowest BCUT2D eigenvalue weighted by Crippen LogP contribution is -2.16. The standard InChI is InChI=1S/C7H4F5N/c1-3-5(6(8)9)4(2-13-3)7(10,11)12/h6H,1H3. The minimum absolute atomic E-state index is 0.331. The predicted octanol–water partition coefficient (Wildman–Crippen LogP) is 2.39. The van der Waals surface area contributed by atoms with E-state index in [4.69, 9.17) is 0 Å². The number of nitrogens with zero attached hydrogens (tertiary/aromatic N) is 1. The van der Waals surface area contributed by atoms with Gasteiger partial charge in [0, 0.05) is 5.70 Å². The molecule has 0 bridgehead atoms. The molecule has 0 aromatic rings. The van der Waals surface area contributed by atoms with E-state index in [1.165, 1.54) is 0 Å². The van der Waals surface area contributed by atoms with Gasteiger partial charge in [-0.05, 0) is 6.92 Å². The van der Waals surface area contributed by atoms with Crippen molar-refractivity contribution in [1.82, 2.24) is 5.32 Å². The molecular formula is C7H4F5N. The van der Waals surface area contributed by atoms with E-state index in [1.54, 1.807) is 6.20 Å². The summed E-state index contributed by atoms with van der Waals surface area (Å²) in [6.07, 6.45) is -6.44. The molecule has 1 rings (SSSR count). The zero-order chi connectivity index (χ0) is 10.2. The fourth-order valence-electron chi connectivity index (χ4n) is 0.924. The van der Waals surface area contributed by atoms with Crippen molar-refractivity contribution < 1.29 is 22.0 Å². The first-order valence-corrected chi connectivity index (χ1v) is 3.24. The highest BCUT2D eigenvalue weighted by atomic mass is 19.4. The van der Waals surface area contributed by atoms with E-state index in [2.05, 4.69) is 5.32 Å². The van der Waals surface area contributed by atoms with Gasteiger partial charge in [-0.2, -0.15) is 13.2 Å². The van der Waals surface area contributed by atoms with Crippen molar-refractivity contribution in [1.29, 1.82) is 0 Å². The third kappa shape index (κ3) is 1.81. The van der Waals surface area contributed by atoms with Crippen LogP contribution in [0.25, 0.3) is 0 Å². The molecule has 0 amide bonds. The summed E-state index contributed by atoms with van der Waals surface area (Å²) in [5, 5.41) is 3.08. The Hall–Kier alpha value is -1.07. The number of halogens is 5. The van der Waals surface area contributed by atoms with Crippen LogP contribution < -0.4 is 5.32 Å². The maximum atomic E-state index is 12.1. The molecule has 0 atom stereocenters. The molecule has 0 aromatic heterocycles. The van der Waals surface area contributed by atoms with E-state index in [0.717, 1.165) is 6.92 Å². The van der Waals surface area contributed by atoms with Gasteiger partial charge in [-0.1, -0.05) is 0 Å². The highest BCUT2D eigenvalue weighted by Gasteiger charge is 2.42. The molecule has 0 fully saturated rings. The van der Waals surface area contributed by atoms with Crippen LogP contribution in [0, 0.1) is 6.20 Å². The fraction of sp³-hybridized carbons (Fsp3) is 0.429. The van der Waals surface area contributed by atoms with E-state index in [9.17, 15) is 22.0 Å². The summed E-state index contributed by atoms with van der Waals surface area (Å²) in [6.45, 7) is 1.09. The Labute approximate surface area is 70.9 Å². The Bertz CT molecular complexity index is 273. The molecule has 0 unspecified atom stereocenters. The number of rotatable bonds is 1. The molecule has 6 heteroatoms. The summed E-state index contributed by atoms with van der Waals surface area (Å²) in [6, 6.07) is 0.